The van der Waals surface area contributed by atoms with Gasteiger partial charge in [0, 0.05) is 24.5 Å². The van der Waals surface area contributed by atoms with Gasteiger partial charge in [-0.2, -0.15) is 4.98 Å². The fourth-order valence-electron chi connectivity index (χ4n) is 6.76. The summed E-state index contributed by atoms with van der Waals surface area (Å²) >= 11 is 6.09. The van der Waals surface area contributed by atoms with Crippen molar-refractivity contribution >= 4 is 34.2 Å². The Hall–Kier alpha value is -1.70. The standard InChI is InChI=1S/C26H31ClN4O2S/c27-20-4-2-16(3-5-20)17-10-18-13-31(14-19(18)11-17)24-28-21-12-26(8-9-26)34(33)22(21)23(29-24)30-25(15-32)6-1-7-25/h2-5,17-19,32H,1,6-15H2,(H,28,29,30)/t17?,18?,19?,34-/m0/s1. The molecule has 0 amide bonds. The second kappa shape index (κ2) is 7.65. The summed E-state index contributed by atoms with van der Waals surface area (Å²) in [5.74, 6) is 3.39. The van der Waals surface area contributed by atoms with Crippen LogP contribution in [0.2, 0.25) is 5.02 Å². The predicted octanol–water partition coefficient (Wildman–Crippen LogP) is 4.28. The third-order valence-corrected chi connectivity index (χ3v) is 11.6. The highest BCUT2D eigenvalue weighted by Crippen LogP contribution is 2.54. The minimum absolute atomic E-state index is 0.0822. The van der Waals surface area contributed by atoms with Gasteiger partial charge in [-0.25, -0.2) is 4.98 Å². The van der Waals surface area contributed by atoms with Crippen LogP contribution in [0.15, 0.2) is 29.2 Å². The molecule has 34 heavy (non-hydrogen) atoms. The molecule has 7 rings (SSSR count). The first-order valence-corrected chi connectivity index (χ1v) is 14.2. The van der Waals surface area contributed by atoms with E-state index in [1.165, 1.54) is 18.4 Å². The van der Waals surface area contributed by atoms with Crippen LogP contribution < -0.4 is 10.2 Å². The molecule has 1 aromatic heterocycles. The van der Waals surface area contributed by atoms with Crippen LogP contribution in [0.25, 0.3) is 0 Å². The summed E-state index contributed by atoms with van der Waals surface area (Å²) in [6, 6.07) is 8.36. The fourth-order valence-corrected chi connectivity index (χ4v) is 8.66. The number of fused-ring (bicyclic) bond motifs is 2. The second-order valence-electron chi connectivity index (χ2n) is 11.3. The Morgan fingerprint density at radius 3 is 2.38 bits per heavy atom. The van der Waals surface area contributed by atoms with Crippen molar-refractivity contribution in [1.29, 1.82) is 0 Å². The molecule has 4 fully saturated rings. The molecule has 2 N–H and O–H groups in total. The summed E-state index contributed by atoms with van der Waals surface area (Å²) < 4.78 is 13.3. The van der Waals surface area contributed by atoms with Gasteiger partial charge in [-0.1, -0.05) is 23.7 Å². The minimum atomic E-state index is -1.06. The predicted molar refractivity (Wildman–Crippen MR) is 134 cm³/mol. The number of rotatable bonds is 5. The number of aliphatic hydroxyl groups is 1. The average Bonchev–Trinajstić information content (AvgIpc) is 3.17. The molecule has 1 aromatic carbocycles. The molecule has 0 radical (unpaired) electrons. The Bertz CT molecular complexity index is 1140. The van der Waals surface area contributed by atoms with E-state index in [2.05, 4.69) is 22.3 Å². The van der Waals surface area contributed by atoms with Gasteiger partial charge >= 0.3 is 0 Å². The molecule has 5 aliphatic rings. The molecule has 3 saturated carbocycles. The molecule has 0 bridgehead atoms. The van der Waals surface area contributed by atoms with E-state index in [9.17, 15) is 9.32 Å². The van der Waals surface area contributed by atoms with Gasteiger partial charge in [-0.3, -0.25) is 4.21 Å². The Morgan fingerprint density at radius 2 is 1.79 bits per heavy atom. The zero-order valence-corrected chi connectivity index (χ0v) is 20.9. The van der Waals surface area contributed by atoms with Crippen molar-refractivity contribution in [3.05, 3.63) is 40.5 Å². The number of aromatic nitrogens is 2. The summed E-state index contributed by atoms with van der Waals surface area (Å²) in [5.41, 5.74) is 2.04. The molecule has 3 heterocycles. The summed E-state index contributed by atoms with van der Waals surface area (Å²) in [7, 11) is -1.06. The first-order chi connectivity index (χ1) is 16.5. The van der Waals surface area contributed by atoms with Gasteiger partial charge in [0.25, 0.3) is 0 Å². The average molecular weight is 499 g/mol. The van der Waals surface area contributed by atoms with E-state index in [-0.39, 0.29) is 16.9 Å². The second-order valence-corrected chi connectivity index (χ2v) is 13.6. The van der Waals surface area contributed by atoms with Crippen LogP contribution in [-0.2, 0) is 17.2 Å². The highest BCUT2D eigenvalue weighted by molar-refractivity contribution is 7.87. The van der Waals surface area contributed by atoms with E-state index in [1.54, 1.807) is 0 Å². The number of halogens is 1. The molecular formula is C26H31ClN4O2S. The van der Waals surface area contributed by atoms with E-state index < -0.39 is 10.8 Å². The van der Waals surface area contributed by atoms with Gasteiger partial charge in [-0.15, -0.1) is 0 Å². The molecule has 1 saturated heterocycles. The summed E-state index contributed by atoms with van der Waals surface area (Å²) in [6.45, 7) is 2.04. The van der Waals surface area contributed by atoms with Crippen LogP contribution in [0, 0.1) is 11.8 Å². The molecule has 1 spiro atoms. The Morgan fingerprint density at radius 1 is 1.09 bits per heavy atom. The normalized spacial score (nSPS) is 31.9. The lowest BCUT2D eigenvalue weighted by Gasteiger charge is -2.41. The largest absolute Gasteiger partial charge is 0.394 e. The molecule has 2 aliphatic heterocycles. The van der Waals surface area contributed by atoms with E-state index in [1.807, 2.05) is 12.1 Å². The van der Waals surface area contributed by atoms with E-state index in [0.717, 1.165) is 73.2 Å². The number of nitrogens with one attached hydrogen (secondary N) is 1. The number of nitrogens with zero attached hydrogens (tertiary/aromatic N) is 3. The highest BCUT2D eigenvalue weighted by atomic mass is 35.5. The lowest BCUT2D eigenvalue weighted by Crippen LogP contribution is -2.48. The van der Waals surface area contributed by atoms with Crippen LogP contribution in [0.4, 0.5) is 11.8 Å². The van der Waals surface area contributed by atoms with E-state index in [0.29, 0.717) is 23.6 Å². The maximum atomic E-state index is 13.4. The monoisotopic (exact) mass is 498 g/mol. The lowest BCUT2D eigenvalue weighted by molar-refractivity contribution is 0.143. The Balaban J connectivity index is 1.15. The van der Waals surface area contributed by atoms with Gasteiger partial charge in [-0.05, 0) is 80.4 Å². The molecule has 2 aromatic rings. The van der Waals surface area contributed by atoms with Gasteiger partial charge in [0.1, 0.15) is 10.7 Å². The Kier molecular flexibility index (Phi) is 4.85. The Labute approximate surface area is 208 Å². The maximum Gasteiger partial charge on any atom is 0.227 e. The van der Waals surface area contributed by atoms with Crippen LogP contribution in [0.3, 0.4) is 0 Å². The SMILES string of the molecule is O=[S@]1c2c(nc(N3CC4CC(c5ccc(Cl)cc5)CC4C3)nc2NC2(CO)CCC2)CC12CC2. The molecule has 3 aliphatic carbocycles. The maximum absolute atomic E-state index is 13.4. The van der Waals surface area contributed by atoms with Gasteiger partial charge in [0.15, 0.2) is 0 Å². The number of benzene rings is 1. The van der Waals surface area contributed by atoms with Crippen molar-refractivity contribution < 1.29 is 9.32 Å². The summed E-state index contributed by atoms with van der Waals surface area (Å²) in [4.78, 5) is 13.1. The van der Waals surface area contributed by atoms with Crippen LogP contribution in [0.1, 0.15) is 62.1 Å². The molecule has 2 unspecified atom stereocenters. The van der Waals surface area contributed by atoms with Gasteiger partial charge < -0.3 is 15.3 Å². The molecule has 180 valence electrons. The van der Waals surface area contributed by atoms with Crippen molar-refractivity contribution in [2.45, 2.75) is 72.5 Å². The van der Waals surface area contributed by atoms with Crippen molar-refractivity contribution in [2.75, 3.05) is 29.9 Å². The topological polar surface area (TPSA) is 78.4 Å². The summed E-state index contributed by atoms with van der Waals surface area (Å²) in [5, 5.41) is 14.4. The van der Waals surface area contributed by atoms with Crippen molar-refractivity contribution in [1.82, 2.24) is 9.97 Å². The number of anilines is 2. The molecule has 6 nitrogen and oxygen atoms in total. The molecule has 3 atom stereocenters. The van der Waals surface area contributed by atoms with E-state index >= 15 is 0 Å². The number of hydrogen-bond donors (Lipinski definition) is 2. The first kappa shape index (κ1) is 21.6. The smallest absolute Gasteiger partial charge is 0.227 e. The zero-order valence-electron chi connectivity index (χ0n) is 19.3. The minimum Gasteiger partial charge on any atom is -0.394 e. The van der Waals surface area contributed by atoms with Crippen LogP contribution in [-0.4, -0.2) is 49.3 Å². The zero-order chi connectivity index (χ0) is 23.1. The quantitative estimate of drug-likeness (QED) is 0.640. The first-order valence-electron chi connectivity index (χ1n) is 12.7. The molecule has 8 heteroatoms. The van der Waals surface area contributed by atoms with Gasteiger partial charge in [0.2, 0.25) is 5.95 Å². The number of hydrogen-bond acceptors (Lipinski definition) is 6. The van der Waals surface area contributed by atoms with Crippen molar-refractivity contribution in [3.63, 3.8) is 0 Å². The highest BCUT2D eigenvalue weighted by Gasteiger charge is 2.56. The fraction of sp³-hybridized carbons (Fsp3) is 0.615. The van der Waals surface area contributed by atoms with Crippen molar-refractivity contribution in [2.24, 2.45) is 11.8 Å². The van der Waals surface area contributed by atoms with Crippen LogP contribution in [0.5, 0.6) is 0 Å². The number of aliphatic hydroxyl groups excluding tert-OH is 1. The van der Waals surface area contributed by atoms with E-state index in [4.69, 9.17) is 21.6 Å². The van der Waals surface area contributed by atoms with Crippen molar-refractivity contribution in [3.8, 4) is 0 Å². The lowest BCUT2D eigenvalue weighted by atomic mass is 9.77. The third kappa shape index (κ3) is 3.34. The van der Waals surface area contributed by atoms with Crippen LogP contribution >= 0.6 is 11.6 Å². The molecular weight excluding hydrogens is 468 g/mol. The summed E-state index contributed by atoms with van der Waals surface area (Å²) in [6.07, 6.45) is 8.16. The van der Waals surface area contributed by atoms with Gasteiger partial charge in [0.05, 0.1) is 33.4 Å². The third-order valence-electron chi connectivity index (χ3n) is 9.17.